The number of hydrogen-bond acceptors (Lipinski definition) is 3. The molecule has 0 aromatic heterocycles. The van der Waals surface area contributed by atoms with Crippen LogP contribution >= 0.6 is 15.9 Å². The highest BCUT2D eigenvalue weighted by Gasteiger charge is 2.31. The summed E-state index contributed by atoms with van der Waals surface area (Å²) >= 11 is 3.17. The van der Waals surface area contributed by atoms with Gasteiger partial charge < -0.3 is 15.4 Å². The molecule has 0 saturated heterocycles. The summed E-state index contributed by atoms with van der Waals surface area (Å²) in [5.74, 6) is 0. The lowest BCUT2D eigenvalue weighted by atomic mass is 10.2. The minimum absolute atomic E-state index is 0.421. The molecule has 0 spiro atoms. The van der Waals surface area contributed by atoms with E-state index in [0.717, 1.165) is 0 Å². The number of alkyl halides is 1. The lowest BCUT2D eigenvalue weighted by Crippen LogP contribution is -2.59. The van der Waals surface area contributed by atoms with E-state index in [4.69, 9.17) is 4.74 Å². The zero-order chi connectivity index (χ0) is 12.4. The quantitative estimate of drug-likeness (QED) is 0.504. The molecule has 1 rings (SSSR count). The van der Waals surface area contributed by atoms with E-state index in [2.05, 4.69) is 31.9 Å². The van der Waals surface area contributed by atoms with E-state index in [1.54, 1.807) is 26.8 Å². The second-order valence-corrected chi connectivity index (χ2v) is 5.52. The third-order valence-electron chi connectivity index (χ3n) is 1.51. The van der Waals surface area contributed by atoms with Gasteiger partial charge in [-0.05, 0) is 42.8 Å². The molecule has 1 aliphatic heterocycles. The van der Waals surface area contributed by atoms with E-state index in [1.807, 2.05) is 0 Å². The van der Waals surface area contributed by atoms with Gasteiger partial charge in [-0.2, -0.15) is 0 Å². The van der Waals surface area contributed by atoms with E-state index in [9.17, 15) is 9.59 Å². The van der Waals surface area contributed by atoms with Gasteiger partial charge in [-0.1, -0.05) is 0 Å². The Morgan fingerprint density at radius 3 is 2.69 bits per heavy atom. The Kier molecular flexibility index (Phi) is 3.47. The van der Waals surface area contributed by atoms with Crippen LogP contribution in [0.25, 0.3) is 0 Å². The van der Waals surface area contributed by atoms with Gasteiger partial charge in [0.1, 0.15) is 5.60 Å². The van der Waals surface area contributed by atoms with Gasteiger partial charge in [0, 0.05) is 6.20 Å². The van der Waals surface area contributed by atoms with E-state index in [-0.39, 0.29) is 0 Å². The van der Waals surface area contributed by atoms with Gasteiger partial charge in [-0.15, -0.1) is 0 Å². The summed E-state index contributed by atoms with van der Waals surface area (Å²) in [6.07, 6.45) is 2.33. The number of urea groups is 1. The maximum atomic E-state index is 11.5. The average molecular weight is 292 g/mol. The molecule has 0 aliphatic carbocycles. The van der Waals surface area contributed by atoms with Crippen LogP contribution in [0, 0.1) is 0 Å². The Balaban J connectivity index is 2.59. The lowest BCUT2D eigenvalue weighted by Gasteiger charge is -2.30. The third kappa shape index (κ3) is 4.09. The predicted molar refractivity (Wildman–Crippen MR) is 61.8 cm³/mol. The summed E-state index contributed by atoms with van der Waals surface area (Å²) in [5.41, 5.74) is -0.589. The van der Waals surface area contributed by atoms with E-state index in [0.29, 0.717) is 0 Å². The molecule has 3 amide bonds. The second kappa shape index (κ2) is 4.32. The topological polar surface area (TPSA) is 79.5 Å². The van der Waals surface area contributed by atoms with Crippen LogP contribution in [0.3, 0.4) is 0 Å². The molecule has 7 heteroatoms. The van der Waals surface area contributed by atoms with Crippen molar-refractivity contribution in [1.29, 1.82) is 0 Å². The zero-order valence-corrected chi connectivity index (χ0v) is 10.8. The minimum atomic E-state index is -1.11. The Morgan fingerprint density at radius 2 is 2.19 bits per heavy atom. The number of carbonyl (C=O) groups excluding carboxylic acids is 2. The van der Waals surface area contributed by atoms with Gasteiger partial charge in [-0.3, -0.25) is 5.32 Å². The second-order valence-electron chi connectivity index (χ2n) is 4.27. The fourth-order valence-corrected chi connectivity index (χ4v) is 1.47. The fourth-order valence-electron chi connectivity index (χ4n) is 1.00. The van der Waals surface area contributed by atoms with E-state index >= 15 is 0 Å². The van der Waals surface area contributed by atoms with Gasteiger partial charge in [0.15, 0.2) is 4.57 Å². The van der Waals surface area contributed by atoms with Crippen molar-refractivity contribution in [3.63, 3.8) is 0 Å². The van der Waals surface area contributed by atoms with Crippen molar-refractivity contribution in [2.24, 2.45) is 0 Å². The summed E-state index contributed by atoms with van der Waals surface area (Å²) in [6, 6.07) is -0.421. The number of carbonyl (C=O) groups is 2. The standard InChI is InChI=1S/C9H14BrN3O3/c1-8(2,3)16-7(15)13-9(10)4-5-11-6(14)12-9/h4-5H,1-3H3,(H,13,15)(H2,11,12,14). The Bertz CT molecular complexity index is 337. The third-order valence-corrected chi connectivity index (χ3v) is 2.17. The number of alkyl carbamates (subject to hydrolysis) is 1. The first-order chi connectivity index (χ1) is 7.20. The van der Waals surface area contributed by atoms with E-state index in [1.165, 1.54) is 6.20 Å². The first-order valence-corrected chi connectivity index (χ1v) is 5.46. The first-order valence-electron chi connectivity index (χ1n) is 4.67. The molecule has 3 N–H and O–H groups in total. The first kappa shape index (κ1) is 12.8. The van der Waals surface area contributed by atoms with Crippen molar-refractivity contribution >= 4 is 28.1 Å². The summed E-state index contributed by atoms with van der Waals surface area (Å²) in [7, 11) is 0. The number of hydrogen-bond donors (Lipinski definition) is 3. The zero-order valence-electron chi connectivity index (χ0n) is 9.26. The molecule has 1 atom stereocenters. The highest BCUT2D eigenvalue weighted by Crippen LogP contribution is 2.16. The van der Waals surface area contributed by atoms with Gasteiger partial charge in [-0.25, -0.2) is 9.59 Å². The molecule has 6 nitrogen and oxygen atoms in total. The minimum Gasteiger partial charge on any atom is -0.444 e. The molecule has 0 radical (unpaired) electrons. The molecule has 90 valence electrons. The number of nitrogens with one attached hydrogen (secondary N) is 3. The van der Waals surface area contributed by atoms with Crippen molar-refractivity contribution < 1.29 is 14.3 Å². The highest BCUT2D eigenvalue weighted by molar-refractivity contribution is 9.10. The summed E-state index contributed by atoms with van der Waals surface area (Å²) in [4.78, 5) is 22.5. The monoisotopic (exact) mass is 291 g/mol. The van der Waals surface area contributed by atoms with Crippen molar-refractivity contribution in [2.45, 2.75) is 30.9 Å². The Hall–Kier alpha value is -1.24. The van der Waals surface area contributed by atoms with Gasteiger partial charge in [0.05, 0.1) is 0 Å². The summed E-state index contributed by atoms with van der Waals surface area (Å²) in [6.45, 7) is 5.26. The number of halogens is 1. The van der Waals surface area contributed by atoms with Crippen LogP contribution in [-0.2, 0) is 4.74 Å². The number of amides is 3. The van der Waals surface area contributed by atoms with Crippen LogP contribution in [0.5, 0.6) is 0 Å². The maximum absolute atomic E-state index is 11.5. The van der Waals surface area contributed by atoms with E-state index < -0.39 is 22.3 Å². The largest absolute Gasteiger partial charge is 0.444 e. The molecule has 1 unspecified atom stereocenters. The number of ether oxygens (including phenoxy) is 1. The Morgan fingerprint density at radius 1 is 1.56 bits per heavy atom. The number of rotatable bonds is 1. The molecule has 0 bridgehead atoms. The lowest BCUT2D eigenvalue weighted by molar-refractivity contribution is 0.0502. The van der Waals surface area contributed by atoms with Gasteiger partial charge in [0.2, 0.25) is 0 Å². The molecule has 16 heavy (non-hydrogen) atoms. The average Bonchev–Trinajstić information content (AvgIpc) is 1.96. The molecule has 0 fully saturated rings. The van der Waals surface area contributed by atoms with Crippen LogP contribution in [-0.4, -0.2) is 22.3 Å². The van der Waals surface area contributed by atoms with Crippen LogP contribution < -0.4 is 16.0 Å². The molecule has 1 aliphatic rings. The molecule has 0 aromatic carbocycles. The van der Waals surface area contributed by atoms with Crippen LogP contribution in [0.1, 0.15) is 20.8 Å². The van der Waals surface area contributed by atoms with Gasteiger partial charge in [0.25, 0.3) is 0 Å². The SMILES string of the molecule is CC(C)(C)OC(=O)NC1(Br)C=CNC(=O)N1. The van der Waals surface area contributed by atoms with Crippen molar-refractivity contribution in [3.05, 3.63) is 12.3 Å². The van der Waals surface area contributed by atoms with Crippen molar-refractivity contribution in [3.8, 4) is 0 Å². The van der Waals surface area contributed by atoms with Crippen LogP contribution in [0.4, 0.5) is 9.59 Å². The van der Waals surface area contributed by atoms with Crippen molar-refractivity contribution in [2.75, 3.05) is 0 Å². The van der Waals surface area contributed by atoms with Gasteiger partial charge >= 0.3 is 12.1 Å². The fraction of sp³-hybridized carbons (Fsp3) is 0.556. The Labute approximate surface area is 102 Å². The molecular weight excluding hydrogens is 278 g/mol. The predicted octanol–water partition coefficient (Wildman–Crippen LogP) is 1.39. The summed E-state index contributed by atoms with van der Waals surface area (Å²) in [5, 5.41) is 7.36. The molecule has 1 heterocycles. The van der Waals surface area contributed by atoms with Crippen LogP contribution in [0.15, 0.2) is 12.3 Å². The van der Waals surface area contributed by atoms with Crippen LogP contribution in [0.2, 0.25) is 0 Å². The van der Waals surface area contributed by atoms with Crippen molar-refractivity contribution in [1.82, 2.24) is 16.0 Å². The molecule has 0 saturated carbocycles. The maximum Gasteiger partial charge on any atom is 0.410 e. The molecular formula is C9H14BrN3O3. The highest BCUT2D eigenvalue weighted by atomic mass is 79.9. The molecule has 0 aromatic rings. The smallest absolute Gasteiger partial charge is 0.410 e. The normalized spacial score (nSPS) is 24.4. The summed E-state index contributed by atoms with van der Waals surface area (Å²) < 4.78 is 3.94.